The van der Waals surface area contributed by atoms with Crippen LogP contribution in [0.3, 0.4) is 0 Å². The molecule has 1 aliphatic carbocycles. The van der Waals surface area contributed by atoms with Gasteiger partial charge in [0.2, 0.25) is 0 Å². The smallest absolute Gasteiger partial charge is 0.315 e. The maximum atomic E-state index is 11.6. The van der Waals surface area contributed by atoms with E-state index in [-0.39, 0.29) is 12.1 Å². The first-order chi connectivity index (χ1) is 8.65. The van der Waals surface area contributed by atoms with Gasteiger partial charge in [0.1, 0.15) is 0 Å². The molecule has 1 unspecified atom stereocenters. The largest absolute Gasteiger partial charge is 0.383 e. The van der Waals surface area contributed by atoms with Crippen LogP contribution in [0, 0.1) is 11.8 Å². The van der Waals surface area contributed by atoms with Gasteiger partial charge in [-0.05, 0) is 31.6 Å². The Labute approximate surface area is 111 Å². The van der Waals surface area contributed by atoms with Crippen molar-refractivity contribution in [2.45, 2.75) is 52.0 Å². The third kappa shape index (κ3) is 5.71. The lowest BCUT2D eigenvalue weighted by atomic mass is 9.81. The van der Waals surface area contributed by atoms with Crippen molar-refractivity contribution in [2.75, 3.05) is 20.3 Å². The van der Waals surface area contributed by atoms with Crippen LogP contribution in [0.15, 0.2) is 0 Å². The number of methoxy groups -OCH3 is 1. The van der Waals surface area contributed by atoms with Crippen LogP contribution < -0.4 is 10.6 Å². The molecule has 0 aliphatic heterocycles. The molecular formula is C14H28N2O2. The van der Waals surface area contributed by atoms with Gasteiger partial charge in [0.15, 0.2) is 0 Å². The molecule has 0 aromatic heterocycles. The molecule has 106 valence electrons. The summed E-state index contributed by atoms with van der Waals surface area (Å²) in [5, 5.41) is 5.83. The molecule has 1 saturated carbocycles. The number of carbonyl (C=O) groups is 1. The first kappa shape index (κ1) is 15.3. The Bertz CT molecular complexity index is 238. The summed E-state index contributed by atoms with van der Waals surface area (Å²) in [5.41, 5.74) is 0. The number of ether oxygens (including phenoxy) is 1. The van der Waals surface area contributed by atoms with Crippen molar-refractivity contribution < 1.29 is 9.53 Å². The molecule has 0 spiro atoms. The molecule has 4 heteroatoms. The average Bonchev–Trinajstić information content (AvgIpc) is 2.37. The Morgan fingerprint density at radius 2 is 1.89 bits per heavy atom. The predicted molar refractivity (Wildman–Crippen MR) is 73.6 cm³/mol. The minimum atomic E-state index is -0.0721. The number of urea groups is 1. The molecule has 0 aromatic rings. The summed E-state index contributed by atoms with van der Waals surface area (Å²) >= 11 is 0. The summed E-state index contributed by atoms with van der Waals surface area (Å²) in [7, 11) is 1.64. The average molecular weight is 256 g/mol. The molecule has 1 atom stereocenters. The second-order valence-electron chi connectivity index (χ2n) is 5.51. The van der Waals surface area contributed by atoms with E-state index in [1.165, 1.54) is 32.1 Å². The Morgan fingerprint density at radius 3 is 2.44 bits per heavy atom. The summed E-state index contributed by atoms with van der Waals surface area (Å²) in [6, 6.07) is -0.0111. The zero-order chi connectivity index (χ0) is 13.4. The fourth-order valence-corrected chi connectivity index (χ4v) is 2.65. The fourth-order valence-electron chi connectivity index (χ4n) is 2.65. The van der Waals surface area contributed by atoms with Gasteiger partial charge in [-0.3, -0.25) is 0 Å². The van der Waals surface area contributed by atoms with Gasteiger partial charge in [-0.1, -0.05) is 26.2 Å². The maximum absolute atomic E-state index is 11.6. The monoisotopic (exact) mass is 256 g/mol. The van der Waals surface area contributed by atoms with Crippen molar-refractivity contribution in [3.05, 3.63) is 0 Å². The lowest BCUT2D eigenvalue weighted by Crippen LogP contribution is -2.44. The zero-order valence-electron chi connectivity index (χ0n) is 12.0. The number of hydrogen-bond acceptors (Lipinski definition) is 2. The zero-order valence-corrected chi connectivity index (χ0v) is 12.0. The molecule has 4 nitrogen and oxygen atoms in total. The summed E-state index contributed by atoms with van der Waals surface area (Å²) in [6.45, 7) is 5.57. The van der Waals surface area contributed by atoms with Gasteiger partial charge in [0.25, 0.3) is 0 Å². The molecule has 0 radical (unpaired) electrons. The molecule has 0 heterocycles. The summed E-state index contributed by atoms with van der Waals surface area (Å²) < 4.78 is 4.98. The molecule has 18 heavy (non-hydrogen) atoms. The topological polar surface area (TPSA) is 50.4 Å². The highest BCUT2D eigenvalue weighted by Gasteiger charge is 2.20. The summed E-state index contributed by atoms with van der Waals surface area (Å²) in [4.78, 5) is 11.6. The Hall–Kier alpha value is -0.770. The molecule has 2 N–H and O–H groups in total. The summed E-state index contributed by atoms with van der Waals surface area (Å²) in [5.74, 6) is 1.58. The number of amides is 2. The molecular weight excluding hydrogens is 228 g/mol. The maximum Gasteiger partial charge on any atom is 0.315 e. The molecule has 1 fully saturated rings. The van der Waals surface area contributed by atoms with Crippen LogP contribution in [-0.4, -0.2) is 32.3 Å². The molecule has 1 rings (SSSR count). The minimum absolute atomic E-state index is 0.0610. The van der Waals surface area contributed by atoms with E-state index < -0.39 is 0 Å². The van der Waals surface area contributed by atoms with Gasteiger partial charge in [-0.15, -0.1) is 0 Å². The van der Waals surface area contributed by atoms with Gasteiger partial charge < -0.3 is 15.4 Å². The highest BCUT2D eigenvalue weighted by Crippen LogP contribution is 2.29. The van der Waals surface area contributed by atoms with Crippen molar-refractivity contribution >= 4 is 6.03 Å². The van der Waals surface area contributed by atoms with E-state index >= 15 is 0 Å². The van der Waals surface area contributed by atoms with Crippen molar-refractivity contribution in [3.63, 3.8) is 0 Å². The van der Waals surface area contributed by atoms with Crippen LogP contribution in [-0.2, 0) is 4.74 Å². The third-order valence-corrected chi connectivity index (χ3v) is 3.89. The standard InChI is InChI=1S/C14H28N2O2/c1-4-12-5-7-13(8-6-12)9-15-14(17)16-11(2)10-18-3/h11-13H,4-10H2,1-3H3,(H2,15,16,17). The van der Waals surface area contributed by atoms with Crippen LogP contribution in [0.4, 0.5) is 4.79 Å². The van der Waals surface area contributed by atoms with Crippen molar-refractivity contribution in [3.8, 4) is 0 Å². The number of rotatable bonds is 6. The minimum Gasteiger partial charge on any atom is -0.383 e. The van der Waals surface area contributed by atoms with Crippen LogP contribution in [0.1, 0.15) is 46.0 Å². The van der Waals surface area contributed by atoms with E-state index in [9.17, 15) is 4.79 Å². The third-order valence-electron chi connectivity index (χ3n) is 3.89. The van der Waals surface area contributed by atoms with Crippen molar-refractivity contribution in [1.82, 2.24) is 10.6 Å². The van der Waals surface area contributed by atoms with E-state index in [1.807, 2.05) is 6.92 Å². The van der Waals surface area contributed by atoms with E-state index in [1.54, 1.807) is 7.11 Å². The second-order valence-corrected chi connectivity index (χ2v) is 5.51. The van der Waals surface area contributed by atoms with Gasteiger partial charge in [0.05, 0.1) is 12.6 Å². The number of nitrogens with one attached hydrogen (secondary N) is 2. The van der Waals surface area contributed by atoms with E-state index in [0.29, 0.717) is 12.5 Å². The molecule has 0 bridgehead atoms. The van der Waals surface area contributed by atoms with Crippen molar-refractivity contribution in [1.29, 1.82) is 0 Å². The SMILES string of the molecule is CCC1CCC(CNC(=O)NC(C)COC)CC1. The number of carbonyl (C=O) groups excluding carboxylic acids is 1. The molecule has 1 aliphatic rings. The molecule has 0 saturated heterocycles. The first-order valence-corrected chi connectivity index (χ1v) is 7.19. The highest BCUT2D eigenvalue weighted by atomic mass is 16.5. The van der Waals surface area contributed by atoms with Crippen LogP contribution in [0.2, 0.25) is 0 Å². The Morgan fingerprint density at radius 1 is 1.28 bits per heavy atom. The molecule has 2 amide bonds. The van der Waals surface area contributed by atoms with E-state index in [0.717, 1.165) is 12.5 Å². The van der Waals surface area contributed by atoms with Crippen LogP contribution in [0.5, 0.6) is 0 Å². The Balaban J connectivity index is 2.11. The number of hydrogen-bond donors (Lipinski definition) is 2. The fraction of sp³-hybridized carbons (Fsp3) is 0.929. The normalized spacial score (nSPS) is 25.5. The Kier molecular flexibility index (Phi) is 7.09. The van der Waals surface area contributed by atoms with Crippen LogP contribution in [0.25, 0.3) is 0 Å². The highest BCUT2D eigenvalue weighted by molar-refractivity contribution is 5.74. The quantitative estimate of drug-likeness (QED) is 0.767. The lowest BCUT2D eigenvalue weighted by molar-refractivity contribution is 0.170. The van der Waals surface area contributed by atoms with E-state index in [2.05, 4.69) is 17.6 Å². The van der Waals surface area contributed by atoms with Gasteiger partial charge >= 0.3 is 6.03 Å². The second kappa shape index (κ2) is 8.35. The first-order valence-electron chi connectivity index (χ1n) is 7.19. The van der Waals surface area contributed by atoms with Gasteiger partial charge in [-0.2, -0.15) is 0 Å². The van der Waals surface area contributed by atoms with Gasteiger partial charge in [0, 0.05) is 13.7 Å². The van der Waals surface area contributed by atoms with Crippen molar-refractivity contribution in [2.24, 2.45) is 11.8 Å². The van der Waals surface area contributed by atoms with Crippen LogP contribution >= 0.6 is 0 Å². The lowest BCUT2D eigenvalue weighted by Gasteiger charge is -2.28. The predicted octanol–water partition coefficient (Wildman–Crippen LogP) is 2.54. The summed E-state index contributed by atoms with van der Waals surface area (Å²) in [6.07, 6.45) is 6.46. The van der Waals surface area contributed by atoms with Gasteiger partial charge in [-0.25, -0.2) is 4.79 Å². The molecule has 0 aromatic carbocycles. The van der Waals surface area contributed by atoms with E-state index in [4.69, 9.17) is 4.74 Å².